The van der Waals surface area contributed by atoms with Crippen molar-refractivity contribution in [3.63, 3.8) is 0 Å². The van der Waals surface area contributed by atoms with Gasteiger partial charge in [0.1, 0.15) is 0 Å². The van der Waals surface area contributed by atoms with Crippen LogP contribution in [-0.2, 0) is 11.3 Å². The van der Waals surface area contributed by atoms with Gasteiger partial charge in [-0.25, -0.2) is 0 Å². The Morgan fingerprint density at radius 1 is 1.23 bits per heavy atom. The lowest BCUT2D eigenvalue weighted by molar-refractivity contribution is -0.113. The van der Waals surface area contributed by atoms with Crippen LogP contribution in [0.2, 0.25) is 5.02 Å². The summed E-state index contributed by atoms with van der Waals surface area (Å²) in [7, 11) is 0. The summed E-state index contributed by atoms with van der Waals surface area (Å²) in [6.07, 6.45) is 1.74. The molecule has 0 radical (unpaired) electrons. The summed E-state index contributed by atoms with van der Waals surface area (Å²) in [4.78, 5) is 25.4. The highest BCUT2D eigenvalue weighted by Gasteiger charge is 2.26. The summed E-state index contributed by atoms with van der Waals surface area (Å²) in [5.74, 6) is 0.423. The monoisotopic (exact) mass is 575 g/mol. The summed E-state index contributed by atoms with van der Waals surface area (Å²) in [6, 6.07) is 12.3. The number of allylic oxidation sites excluding steroid dienone is 1. The van der Waals surface area contributed by atoms with Crippen LogP contribution in [0, 0.1) is 12.8 Å². The van der Waals surface area contributed by atoms with Crippen molar-refractivity contribution in [3.05, 3.63) is 81.6 Å². The Bertz CT molecular complexity index is 1230. The number of benzene rings is 2. The van der Waals surface area contributed by atoms with E-state index in [1.807, 2.05) is 43.5 Å². The number of hydrogen-bond donors (Lipinski definition) is 2. The Balaban J connectivity index is 1.75. The van der Waals surface area contributed by atoms with Gasteiger partial charge in [-0.3, -0.25) is 9.59 Å². The van der Waals surface area contributed by atoms with Gasteiger partial charge in [-0.05, 0) is 59.1 Å². The Kier molecular flexibility index (Phi) is 9.54. The molecule has 0 saturated heterocycles. The van der Waals surface area contributed by atoms with Gasteiger partial charge >= 0.3 is 0 Å². The first-order chi connectivity index (χ1) is 16.7. The Morgan fingerprint density at radius 2 is 2.00 bits per heavy atom. The van der Waals surface area contributed by atoms with Crippen LogP contribution in [0.25, 0.3) is 0 Å². The molecule has 0 bridgehead atoms. The van der Waals surface area contributed by atoms with Crippen molar-refractivity contribution < 1.29 is 9.59 Å². The highest BCUT2D eigenvalue weighted by atomic mass is 79.9. The average molecular weight is 577 g/mol. The summed E-state index contributed by atoms with van der Waals surface area (Å²) in [5.41, 5.74) is 2.21. The van der Waals surface area contributed by atoms with Crippen molar-refractivity contribution in [1.82, 2.24) is 20.1 Å². The van der Waals surface area contributed by atoms with Crippen LogP contribution < -0.4 is 10.6 Å². The zero-order valence-electron chi connectivity index (χ0n) is 19.7. The van der Waals surface area contributed by atoms with Gasteiger partial charge in [-0.2, -0.15) is 0 Å². The molecule has 10 heteroatoms. The maximum absolute atomic E-state index is 12.9. The van der Waals surface area contributed by atoms with Crippen LogP contribution >= 0.6 is 39.3 Å². The van der Waals surface area contributed by atoms with Gasteiger partial charge in [0, 0.05) is 22.3 Å². The minimum atomic E-state index is -0.372. The number of carbonyl (C=O) groups excluding carboxylic acids is 2. The Labute approximate surface area is 222 Å². The van der Waals surface area contributed by atoms with E-state index in [0.29, 0.717) is 33.8 Å². The van der Waals surface area contributed by atoms with E-state index in [1.54, 1.807) is 30.3 Å². The third-order valence-corrected chi connectivity index (χ3v) is 7.30. The maximum atomic E-state index is 12.9. The molecule has 2 N–H and O–H groups in total. The number of aromatic nitrogens is 3. The van der Waals surface area contributed by atoms with Crippen molar-refractivity contribution in [1.29, 1.82) is 0 Å². The van der Waals surface area contributed by atoms with Crippen molar-refractivity contribution in [3.8, 4) is 0 Å². The van der Waals surface area contributed by atoms with Gasteiger partial charge < -0.3 is 15.2 Å². The van der Waals surface area contributed by atoms with E-state index in [9.17, 15) is 9.59 Å². The molecule has 0 aliphatic heterocycles. The molecule has 3 aromatic rings. The van der Waals surface area contributed by atoms with E-state index < -0.39 is 0 Å². The van der Waals surface area contributed by atoms with Crippen LogP contribution in [0.15, 0.2) is 64.7 Å². The smallest absolute Gasteiger partial charge is 0.251 e. The van der Waals surface area contributed by atoms with Gasteiger partial charge in [-0.1, -0.05) is 61.0 Å². The van der Waals surface area contributed by atoms with Crippen LogP contribution in [0.1, 0.15) is 41.6 Å². The van der Waals surface area contributed by atoms with E-state index in [-0.39, 0.29) is 29.5 Å². The molecule has 0 saturated carbocycles. The molecule has 3 rings (SSSR count). The minimum Gasteiger partial charge on any atom is -0.342 e. The van der Waals surface area contributed by atoms with Gasteiger partial charge in [0.05, 0.1) is 16.8 Å². The second kappa shape index (κ2) is 12.4. The molecule has 35 heavy (non-hydrogen) atoms. The lowest BCUT2D eigenvalue weighted by atomic mass is 10.0. The van der Waals surface area contributed by atoms with Gasteiger partial charge in [0.2, 0.25) is 5.91 Å². The molecule has 2 aromatic carbocycles. The van der Waals surface area contributed by atoms with Gasteiger partial charge in [0.15, 0.2) is 11.0 Å². The molecule has 2 amide bonds. The highest BCUT2D eigenvalue weighted by Crippen LogP contribution is 2.27. The predicted molar refractivity (Wildman–Crippen MR) is 145 cm³/mol. The average Bonchev–Trinajstić information content (AvgIpc) is 3.20. The number of thioether (sulfide) groups is 1. The first kappa shape index (κ1) is 27.0. The van der Waals surface area contributed by atoms with Crippen molar-refractivity contribution in [2.24, 2.45) is 5.92 Å². The molecule has 0 unspecified atom stereocenters. The summed E-state index contributed by atoms with van der Waals surface area (Å²) in [5, 5.41) is 15.7. The van der Waals surface area contributed by atoms with E-state index >= 15 is 0 Å². The van der Waals surface area contributed by atoms with E-state index in [4.69, 9.17) is 11.6 Å². The second-order valence-corrected chi connectivity index (χ2v) is 10.5. The Hall–Kier alpha value is -2.62. The molecule has 0 aliphatic rings. The van der Waals surface area contributed by atoms with Crippen LogP contribution in [0.3, 0.4) is 0 Å². The molecule has 0 fully saturated rings. The molecule has 0 spiro atoms. The van der Waals surface area contributed by atoms with E-state index in [2.05, 4.69) is 43.3 Å². The van der Waals surface area contributed by atoms with Crippen LogP contribution in [-0.4, -0.2) is 32.3 Å². The molecular weight excluding hydrogens is 550 g/mol. The van der Waals surface area contributed by atoms with Crippen molar-refractivity contribution >= 4 is 56.8 Å². The quantitative estimate of drug-likeness (QED) is 0.227. The number of carbonyl (C=O) groups is 2. The number of hydrogen-bond acceptors (Lipinski definition) is 5. The normalized spacial score (nSPS) is 11.8. The van der Waals surface area contributed by atoms with Crippen LogP contribution in [0.5, 0.6) is 0 Å². The maximum Gasteiger partial charge on any atom is 0.251 e. The lowest BCUT2D eigenvalue weighted by Crippen LogP contribution is -2.34. The van der Waals surface area contributed by atoms with Crippen molar-refractivity contribution in [2.75, 3.05) is 11.1 Å². The summed E-state index contributed by atoms with van der Waals surface area (Å²) >= 11 is 10.7. The molecule has 0 aliphatic carbocycles. The largest absolute Gasteiger partial charge is 0.342 e. The third kappa shape index (κ3) is 7.19. The molecule has 7 nitrogen and oxygen atoms in total. The number of anilines is 1. The van der Waals surface area contributed by atoms with E-state index in [1.165, 1.54) is 11.8 Å². The molecule has 184 valence electrons. The van der Waals surface area contributed by atoms with E-state index in [0.717, 1.165) is 10.0 Å². The SMILES string of the molecule is C=CCn1c(SCC(=O)Nc2ccc(Br)c(Cl)c2)nnc1[C@H](NC(=O)c1cccc(C)c1)C(C)C. The zero-order valence-corrected chi connectivity index (χ0v) is 22.9. The fourth-order valence-corrected chi connectivity index (χ4v) is 4.56. The molecule has 1 aromatic heterocycles. The summed E-state index contributed by atoms with van der Waals surface area (Å²) < 4.78 is 2.63. The van der Waals surface area contributed by atoms with Crippen LogP contribution in [0.4, 0.5) is 5.69 Å². The first-order valence-electron chi connectivity index (χ1n) is 11.0. The number of amides is 2. The van der Waals surface area contributed by atoms with Gasteiger partial charge in [0.25, 0.3) is 5.91 Å². The van der Waals surface area contributed by atoms with Gasteiger partial charge in [-0.15, -0.1) is 16.8 Å². The predicted octanol–water partition coefficient (Wildman–Crippen LogP) is 6.05. The number of nitrogens with one attached hydrogen (secondary N) is 2. The highest BCUT2D eigenvalue weighted by molar-refractivity contribution is 9.10. The standard InChI is InChI=1S/C25H27BrClN5O2S/c1-5-11-32-23(22(15(2)3)29-24(34)17-8-6-7-16(4)12-17)30-31-25(32)35-14-21(33)28-18-9-10-19(26)20(27)13-18/h5-10,12-13,15,22H,1,11,14H2,2-4H3,(H,28,33)(H,29,34)/t22-/m1/s1. The molecular formula is C25H27BrClN5O2S. The fraction of sp³-hybridized carbons (Fsp3) is 0.280. The topological polar surface area (TPSA) is 88.9 Å². The minimum absolute atomic E-state index is 0.0554. The second-order valence-electron chi connectivity index (χ2n) is 8.27. The zero-order chi connectivity index (χ0) is 25.5. The molecule has 1 heterocycles. The molecule has 1 atom stereocenters. The number of nitrogens with zero attached hydrogens (tertiary/aromatic N) is 3. The summed E-state index contributed by atoms with van der Waals surface area (Å²) in [6.45, 7) is 10.3. The Morgan fingerprint density at radius 3 is 2.66 bits per heavy atom. The van der Waals surface area contributed by atoms with Crippen molar-refractivity contribution in [2.45, 2.75) is 38.5 Å². The lowest BCUT2D eigenvalue weighted by Gasteiger charge is -2.22. The third-order valence-electron chi connectivity index (χ3n) is 5.10. The number of halogens is 2. The first-order valence-corrected chi connectivity index (χ1v) is 13.1. The fourth-order valence-electron chi connectivity index (χ4n) is 3.38. The number of rotatable bonds is 10. The number of aryl methyl sites for hydroxylation is 1.